The SMILES string of the molecule is CC(C)n1ncnc1CNCC(C)(C)CCCCl. The molecule has 0 fully saturated rings. The molecule has 0 aromatic carbocycles. The predicted octanol–water partition coefficient (Wildman–Crippen LogP) is 2.99. The zero-order valence-electron chi connectivity index (χ0n) is 11.9. The first-order valence-electron chi connectivity index (χ1n) is 6.61. The fraction of sp³-hybridized carbons (Fsp3) is 0.846. The maximum absolute atomic E-state index is 5.74. The highest BCUT2D eigenvalue weighted by Gasteiger charge is 2.17. The van der Waals surface area contributed by atoms with Gasteiger partial charge in [0.2, 0.25) is 0 Å². The summed E-state index contributed by atoms with van der Waals surface area (Å²) in [6.45, 7) is 10.5. The number of halogens is 1. The molecule has 0 unspecified atom stereocenters. The topological polar surface area (TPSA) is 42.7 Å². The van der Waals surface area contributed by atoms with Gasteiger partial charge >= 0.3 is 0 Å². The minimum absolute atomic E-state index is 0.275. The Balaban J connectivity index is 2.39. The molecular weight excluding hydrogens is 248 g/mol. The van der Waals surface area contributed by atoms with Crippen LogP contribution in [-0.4, -0.2) is 27.2 Å². The summed E-state index contributed by atoms with van der Waals surface area (Å²) in [5.41, 5.74) is 0.275. The Labute approximate surface area is 115 Å². The quantitative estimate of drug-likeness (QED) is 0.740. The number of rotatable bonds is 8. The minimum atomic E-state index is 0.275. The molecule has 0 amide bonds. The normalized spacial score (nSPS) is 12.3. The molecule has 1 aromatic rings. The highest BCUT2D eigenvalue weighted by molar-refractivity contribution is 6.17. The third-order valence-electron chi connectivity index (χ3n) is 3.01. The van der Waals surface area contributed by atoms with Crippen LogP contribution in [0, 0.1) is 5.41 Å². The maximum Gasteiger partial charge on any atom is 0.141 e. The number of alkyl halides is 1. The van der Waals surface area contributed by atoms with Gasteiger partial charge in [-0.3, -0.25) is 0 Å². The van der Waals surface area contributed by atoms with Crippen molar-refractivity contribution in [2.45, 2.75) is 53.1 Å². The summed E-state index contributed by atoms with van der Waals surface area (Å²) < 4.78 is 1.96. The van der Waals surface area contributed by atoms with Gasteiger partial charge in [0.25, 0.3) is 0 Å². The summed E-state index contributed by atoms with van der Waals surface area (Å²) in [6.07, 6.45) is 3.83. The van der Waals surface area contributed by atoms with Crippen molar-refractivity contribution in [3.05, 3.63) is 12.2 Å². The lowest BCUT2D eigenvalue weighted by molar-refractivity contribution is 0.308. The smallest absolute Gasteiger partial charge is 0.141 e. The van der Waals surface area contributed by atoms with Gasteiger partial charge in [-0.2, -0.15) is 5.10 Å². The van der Waals surface area contributed by atoms with Gasteiger partial charge in [0.05, 0.1) is 6.54 Å². The Hall–Kier alpha value is -0.610. The minimum Gasteiger partial charge on any atom is -0.309 e. The van der Waals surface area contributed by atoms with Crippen molar-refractivity contribution < 1.29 is 0 Å². The third kappa shape index (κ3) is 4.94. The summed E-state index contributed by atoms with van der Waals surface area (Å²) >= 11 is 5.74. The average molecular weight is 273 g/mol. The van der Waals surface area contributed by atoms with E-state index in [2.05, 4.69) is 43.1 Å². The van der Waals surface area contributed by atoms with E-state index in [-0.39, 0.29) is 5.41 Å². The Morgan fingerprint density at radius 3 is 2.78 bits per heavy atom. The lowest BCUT2D eigenvalue weighted by atomic mass is 9.88. The second kappa shape index (κ2) is 7.10. The van der Waals surface area contributed by atoms with E-state index in [9.17, 15) is 0 Å². The van der Waals surface area contributed by atoms with Crippen molar-refractivity contribution in [2.24, 2.45) is 5.41 Å². The van der Waals surface area contributed by atoms with Gasteiger partial charge in [-0.1, -0.05) is 13.8 Å². The number of nitrogens with zero attached hydrogens (tertiary/aromatic N) is 3. The first kappa shape index (κ1) is 15.4. The standard InChI is InChI=1S/C13H25ClN4/c1-11(2)18-12(16-10-17-18)8-15-9-13(3,4)6-5-7-14/h10-11,15H,5-9H2,1-4H3. The highest BCUT2D eigenvalue weighted by Crippen LogP contribution is 2.21. The van der Waals surface area contributed by atoms with E-state index in [0.29, 0.717) is 6.04 Å². The van der Waals surface area contributed by atoms with Gasteiger partial charge in [-0.15, -0.1) is 11.6 Å². The maximum atomic E-state index is 5.74. The van der Waals surface area contributed by atoms with Crippen molar-refractivity contribution >= 4 is 11.6 Å². The van der Waals surface area contributed by atoms with Crippen LogP contribution in [0.5, 0.6) is 0 Å². The lowest BCUT2D eigenvalue weighted by Crippen LogP contribution is -2.30. The average Bonchev–Trinajstić information content (AvgIpc) is 2.74. The molecule has 1 aromatic heterocycles. The molecule has 104 valence electrons. The van der Waals surface area contributed by atoms with E-state index in [4.69, 9.17) is 11.6 Å². The van der Waals surface area contributed by atoms with Gasteiger partial charge < -0.3 is 5.32 Å². The van der Waals surface area contributed by atoms with Crippen LogP contribution < -0.4 is 5.32 Å². The van der Waals surface area contributed by atoms with Crippen molar-refractivity contribution in [3.8, 4) is 0 Å². The fourth-order valence-corrected chi connectivity index (χ4v) is 2.11. The molecule has 0 bridgehead atoms. The van der Waals surface area contributed by atoms with Crippen molar-refractivity contribution in [1.29, 1.82) is 0 Å². The van der Waals surface area contributed by atoms with E-state index in [1.165, 1.54) is 0 Å². The Morgan fingerprint density at radius 2 is 2.17 bits per heavy atom. The third-order valence-corrected chi connectivity index (χ3v) is 3.28. The number of nitrogens with one attached hydrogen (secondary N) is 1. The highest BCUT2D eigenvalue weighted by atomic mass is 35.5. The summed E-state index contributed by atoms with van der Waals surface area (Å²) in [5, 5.41) is 7.69. The number of hydrogen-bond donors (Lipinski definition) is 1. The van der Waals surface area contributed by atoms with Crippen LogP contribution in [0.2, 0.25) is 0 Å². The van der Waals surface area contributed by atoms with Crippen LogP contribution in [0.4, 0.5) is 0 Å². The van der Waals surface area contributed by atoms with Crippen molar-refractivity contribution in [2.75, 3.05) is 12.4 Å². The first-order valence-corrected chi connectivity index (χ1v) is 7.15. The predicted molar refractivity (Wildman–Crippen MR) is 75.8 cm³/mol. The van der Waals surface area contributed by atoms with Gasteiger partial charge in [-0.05, 0) is 32.1 Å². The molecule has 1 N–H and O–H groups in total. The zero-order valence-corrected chi connectivity index (χ0v) is 12.7. The first-order chi connectivity index (χ1) is 8.46. The van der Waals surface area contributed by atoms with Crippen LogP contribution >= 0.6 is 11.6 Å². The molecule has 0 aliphatic carbocycles. The molecule has 0 atom stereocenters. The van der Waals surface area contributed by atoms with Crippen LogP contribution in [-0.2, 0) is 6.54 Å². The van der Waals surface area contributed by atoms with Crippen LogP contribution in [0.15, 0.2) is 6.33 Å². The van der Waals surface area contributed by atoms with Crippen LogP contribution in [0.1, 0.15) is 52.4 Å². The van der Waals surface area contributed by atoms with Crippen LogP contribution in [0.25, 0.3) is 0 Å². The van der Waals surface area contributed by atoms with Gasteiger partial charge in [-0.25, -0.2) is 9.67 Å². The molecule has 1 rings (SSSR count). The molecule has 0 saturated heterocycles. The lowest BCUT2D eigenvalue weighted by Gasteiger charge is -2.24. The molecule has 5 heteroatoms. The Kier molecular flexibility index (Phi) is 6.09. The van der Waals surface area contributed by atoms with E-state index >= 15 is 0 Å². The van der Waals surface area contributed by atoms with Gasteiger partial charge in [0.15, 0.2) is 0 Å². The van der Waals surface area contributed by atoms with E-state index in [0.717, 1.165) is 37.6 Å². The molecular formula is C13H25ClN4. The van der Waals surface area contributed by atoms with Gasteiger partial charge in [0.1, 0.15) is 12.2 Å². The molecule has 0 aliphatic heterocycles. The van der Waals surface area contributed by atoms with Crippen molar-refractivity contribution in [3.63, 3.8) is 0 Å². The molecule has 18 heavy (non-hydrogen) atoms. The number of hydrogen-bond acceptors (Lipinski definition) is 3. The monoisotopic (exact) mass is 272 g/mol. The summed E-state index contributed by atoms with van der Waals surface area (Å²) in [6, 6.07) is 0.355. The van der Waals surface area contributed by atoms with Crippen molar-refractivity contribution in [1.82, 2.24) is 20.1 Å². The zero-order chi connectivity index (χ0) is 13.6. The fourth-order valence-electron chi connectivity index (χ4n) is 1.98. The molecule has 4 nitrogen and oxygen atoms in total. The molecule has 1 heterocycles. The molecule has 0 saturated carbocycles. The molecule has 0 radical (unpaired) electrons. The van der Waals surface area contributed by atoms with E-state index in [1.807, 2.05) is 4.68 Å². The largest absolute Gasteiger partial charge is 0.309 e. The second-order valence-corrected chi connectivity index (χ2v) is 6.15. The summed E-state index contributed by atoms with van der Waals surface area (Å²) in [7, 11) is 0. The summed E-state index contributed by atoms with van der Waals surface area (Å²) in [4.78, 5) is 4.29. The van der Waals surface area contributed by atoms with E-state index < -0.39 is 0 Å². The van der Waals surface area contributed by atoms with E-state index in [1.54, 1.807) is 6.33 Å². The molecule has 0 aliphatic rings. The van der Waals surface area contributed by atoms with Gasteiger partial charge in [0, 0.05) is 18.5 Å². The Bertz CT molecular complexity index is 347. The molecule has 0 spiro atoms. The second-order valence-electron chi connectivity index (χ2n) is 5.77. The van der Waals surface area contributed by atoms with Crippen LogP contribution in [0.3, 0.4) is 0 Å². The summed E-state index contributed by atoms with van der Waals surface area (Å²) in [5.74, 6) is 1.74. The Morgan fingerprint density at radius 1 is 1.44 bits per heavy atom. The number of aromatic nitrogens is 3.